The van der Waals surface area contributed by atoms with Gasteiger partial charge in [-0.15, -0.1) is 0 Å². The lowest BCUT2D eigenvalue weighted by Gasteiger charge is -2.11. The van der Waals surface area contributed by atoms with E-state index < -0.39 is 0 Å². The van der Waals surface area contributed by atoms with E-state index in [1.54, 1.807) is 0 Å². The SMILES string of the molecule is O=C(NCC1CCCO1)c1cccc(-c2n[nH]c3cc(Nc4ccccc4Cl)ccc23)c1. The van der Waals surface area contributed by atoms with Crippen LogP contribution >= 0.6 is 11.6 Å². The minimum absolute atomic E-state index is 0.103. The molecule has 5 rings (SSSR count). The van der Waals surface area contributed by atoms with Crippen LogP contribution in [0.25, 0.3) is 22.2 Å². The Hall–Kier alpha value is -3.35. The number of aromatic nitrogens is 2. The van der Waals surface area contributed by atoms with E-state index in [0.717, 1.165) is 53.0 Å². The summed E-state index contributed by atoms with van der Waals surface area (Å²) in [4.78, 5) is 12.6. The molecule has 1 aliphatic rings. The zero-order valence-electron chi connectivity index (χ0n) is 17.4. The topological polar surface area (TPSA) is 79.0 Å². The molecule has 3 N–H and O–H groups in total. The number of hydrogen-bond donors (Lipinski definition) is 3. The van der Waals surface area contributed by atoms with E-state index in [-0.39, 0.29) is 12.0 Å². The molecule has 0 radical (unpaired) electrons. The fourth-order valence-corrected chi connectivity index (χ4v) is 4.14. The number of carbonyl (C=O) groups excluding carboxylic acids is 1. The number of para-hydroxylation sites is 1. The number of hydrogen-bond acceptors (Lipinski definition) is 4. The van der Waals surface area contributed by atoms with Gasteiger partial charge in [0.05, 0.1) is 28.0 Å². The molecule has 4 aromatic rings. The first-order chi connectivity index (χ1) is 15.7. The van der Waals surface area contributed by atoms with Crippen molar-refractivity contribution in [1.29, 1.82) is 0 Å². The minimum atomic E-state index is -0.103. The van der Waals surface area contributed by atoms with Gasteiger partial charge in [0.15, 0.2) is 0 Å². The summed E-state index contributed by atoms with van der Waals surface area (Å²) in [5, 5.41) is 15.6. The number of halogens is 1. The van der Waals surface area contributed by atoms with Gasteiger partial charge < -0.3 is 15.4 Å². The van der Waals surface area contributed by atoms with E-state index in [4.69, 9.17) is 16.3 Å². The summed E-state index contributed by atoms with van der Waals surface area (Å²) in [7, 11) is 0. The third kappa shape index (κ3) is 4.33. The fraction of sp³-hybridized carbons (Fsp3) is 0.200. The second kappa shape index (κ2) is 9.02. The minimum Gasteiger partial charge on any atom is -0.376 e. The van der Waals surface area contributed by atoms with Crippen molar-refractivity contribution in [3.05, 3.63) is 77.3 Å². The number of ether oxygens (including phenoxy) is 1. The molecule has 0 bridgehead atoms. The molecule has 32 heavy (non-hydrogen) atoms. The maximum absolute atomic E-state index is 12.6. The molecule has 1 unspecified atom stereocenters. The van der Waals surface area contributed by atoms with Crippen LogP contribution < -0.4 is 10.6 Å². The van der Waals surface area contributed by atoms with Crippen LogP contribution in [0.5, 0.6) is 0 Å². The molecule has 162 valence electrons. The number of benzene rings is 3. The molecule has 1 fully saturated rings. The first kappa shape index (κ1) is 20.5. The second-order valence-electron chi connectivity index (χ2n) is 7.86. The molecule has 7 heteroatoms. The molecule has 1 aliphatic heterocycles. The summed E-state index contributed by atoms with van der Waals surface area (Å²) in [6.07, 6.45) is 2.16. The van der Waals surface area contributed by atoms with Crippen LogP contribution in [-0.2, 0) is 4.74 Å². The Labute approximate surface area is 190 Å². The Morgan fingerprint density at radius 1 is 1.12 bits per heavy atom. The van der Waals surface area contributed by atoms with Crippen LogP contribution in [0.3, 0.4) is 0 Å². The van der Waals surface area contributed by atoms with Crippen molar-refractivity contribution in [3.63, 3.8) is 0 Å². The highest BCUT2D eigenvalue weighted by Gasteiger charge is 2.17. The number of nitrogens with one attached hydrogen (secondary N) is 3. The van der Waals surface area contributed by atoms with Gasteiger partial charge in [-0.25, -0.2) is 0 Å². The van der Waals surface area contributed by atoms with E-state index in [9.17, 15) is 4.79 Å². The molecule has 3 aromatic carbocycles. The van der Waals surface area contributed by atoms with E-state index in [0.29, 0.717) is 17.1 Å². The van der Waals surface area contributed by atoms with Crippen molar-refractivity contribution in [2.75, 3.05) is 18.5 Å². The van der Waals surface area contributed by atoms with Crippen molar-refractivity contribution in [2.24, 2.45) is 0 Å². The normalized spacial score (nSPS) is 15.7. The summed E-state index contributed by atoms with van der Waals surface area (Å²) >= 11 is 6.25. The van der Waals surface area contributed by atoms with Gasteiger partial charge in [-0.1, -0.05) is 35.9 Å². The van der Waals surface area contributed by atoms with Crippen LogP contribution in [0.4, 0.5) is 11.4 Å². The van der Waals surface area contributed by atoms with Crippen molar-refractivity contribution in [3.8, 4) is 11.3 Å². The Bertz CT molecular complexity index is 1260. The summed E-state index contributed by atoms with van der Waals surface area (Å²) < 4.78 is 5.58. The van der Waals surface area contributed by atoms with Crippen molar-refractivity contribution in [2.45, 2.75) is 18.9 Å². The summed E-state index contributed by atoms with van der Waals surface area (Å²) in [6.45, 7) is 1.31. The molecule has 0 aliphatic carbocycles. The van der Waals surface area contributed by atoms with Crippen molar-refractivity contribution >= 4 is 39.8 Å². The average Bonchev–Trinajstić information content (AvgIpc) is 3.49. The van der Waals surface area contributed by atoms with Crippen LogP contribution in [0.15, 0.2) is 66.7 Å². The quantitative estimate of drug-likeness (QED) is 0.363. The van der Waals surface area contributed by atoms with Gasteiger partial charge in [0, 0.05) is 35.4 Å². The number of H-pyrrole nitrogens is 1. The lowest BCUT2D eigenvalue weighted by Crippen LogP contribution is -2.31. The molecule has 2 heterocycles. The summed E-state index contributed by atoms with van der Waals surface area (Å²) in [5.41, 5.74) is 4.93. The lowest BCUT2D eigenvalue weighted by molar-refractivity contribution is 0.0858. The van der Waals surface area contributed by atoms with E-state index >= 15 is 0 Å². The second-order valence-corrected chi connectivity index (χ2v) is 8.27. The van der Waals surface area contributed by atoms with Crippen LogP contribution in [0, 0.1) is 0 Å². The molecular formula is C25H23ClN4O2. The predicted octanol–water partition coefficient (Wildman–Crippen LogP) is 5.54. The number of nitrogens with zero attached hydrogens (tertiary/aromatic N) is 1. The Kier molecular flexibility index (Phi) is 5.79. The number of anilines is 2. The molecular weight excluding hydrogens is 424 g/mol. The highest BCUT2D eigenvalue weighted by atomic mass is 35.5. The van der Waals surface area contributed by atoms with Crippen LogP contribution in [0.1, 0.15) is 23.2 Å². The van der Waals surface area contributed by atoms with Crippen LogP contribution in [-0.4, -0.2) is 35.4 Å². The number of amides is 1. The molecule has 1 aromatic heterocycles. The fourth-order valence-electron chi connectivity index (χ4n) is 3.96. The van der Waals surface area contributed by atoms with Gasteiger partial charge in [0.2, 0.25) is 0 Å². The highest BCUT2D eigenvalue weighted by Crippen LogP contribution is 2.31. The first-order valence-electron chi connectivity index (χ1n) is 10.7. The monoisotopic (exact) mass is 446 g/mol. The molecule has 0 saturated carbocycles. The largest absolute Gasteiger partial charge is 0.376 e. The maximum atomic E-state index is 12.6. The number of fused-ring (bicyclic) bond motifs is 1. The average molecular weight is 447 g/mol. The lowest BCUT2D eigenvalue weighted by atomic mass is 10.0. The smallest absolute Gasteiger partial charge is 0.251 e. The summed E-state index contributed by atoms with van der Waals surface area (Å²) in [6, 6.07) is 21.1. The zero-order valence-corrected chi connectivity index (χ0v) is 18.2. The van der Waals surface area contributed by atoms with E-state index in [1.165, 1.54) is 0 Å². The van der Waals surface area contributed by atoms with Gasteiger partial charge in [0.1, 0.15) is 0 Å². The molecule has 1 atom stereocenters. The number of carbonyl (C=O) groups is 1. The molecule has 6 nitrogen and oxygen atoms in total. The highest BCUT2D eigenvalue weighted by molar-refractivity contribution is 6.33. The van der Waals surface area contributed by atoms with Crippen molar-refractivity contribution in [1.82, 2.24) is 15.5 Å². The van der Waals surface area contributed by atoms with Gasteiger partial charge in [-0.3, -0.25) is 9.89 Å². The maximum Gasteiger partial charge on any atom is 0.251 e. The van der Waals surface area contributed by atoms with Gasteiger partial charge in [-0.05, 0) is 55.3 Å². The Morgan fingerprint density at radius 3 is 2.88 bits per heavy atom. The first-order valence-corrected chi connectivity index (χ1v) is 11.0. The van der Waals surface area contributed by atoms with E-state index in [1.807, 2.05) is 66.7 Å². The van der Waals surface area contributed by atoms with Gasteiger partial charge in [-0.2, -0.15) is 5.10 Å². The summed E-state index contributed by atoms with van der Waals surface area (Å²) in [5.74, 6) is -0.103. The Balaban J connectivity index is 1.36. The third-order valence-electron chi connectivity index (χ3n) is 5.63. The van der Waals surface area contributed by atoms with Gasteiger partial charge >= 0.3 is 0 Å². The van der Waals surface area contributed by atoms with Crippen LogP contribution in [0.2, 0.25) is 5.02 Å². The zero-order chi connectivity index (χ0) is 21.9. The molecule has 0 spiro atoms. The number of aromatic amines is 1. The predicted molar refractivity (Wildman–Crippen MR) is 128 cm³/mol. The molecule has 1 amide bonds. The van der Waals surface area contributed by atoms with E-state index in [2.05, 4.69) is 20.8 Å². The number of rotatable bonds is 6. The Morgan fingerprint density at radius 2 is 2.03 bits per heavy atom. The van der Waals surface area contributed by atoms with Gasteiger partial charge in [0.25, 0.3) is 5.91 Å². The molecule has 1 saturated heterocycles. The third-order valence-corrected chi connectivity index (χ3v) is 5.96. The standard InChI is InChI=1S/C25H23ClN4O2/c26-21-8-1-2-9-22(21)28-18-10-11-20-23(14-18)29-30-24(20)16-5-3-6-17(13-16)25(31)27-15-19-7-4-12-32-19/h1-3,5-6,8-11,13-14,19,28H,4,7,12,15H2,(H,27,31)(H,29,30). The van der Waals surface area contributed by atoms with Crippen molar-refractivity contribution < 1.29 is 9.53 Å².